The van der Waals surface area contributed by atoms with E-state index in [9.17, 15) is 9.59 Å². The van der Waals surface area contributed by atoms with Gasteiger partial charge in [-0.1, -0.05) is 13.8 Å². The quantitative estimate of drug-likeness (QED) is 0.701. The molecule has 2 aromatic rings. The third-order valence-corrected chi connectivity index (χ3v) is 6.32. The SMILES string of the molecule is CCCn1ccc(C(=O)N2CCCC[C@H]2c2nnc(C3CCN(C(=O)CC)CC3)o2)n1. The van der Waals surface area contributed by atoms with Crippen LogP contribution in [0.4, 0.5) is 0 Å². The van der Waals surface area contributed by atoms with Gasteiger partial charge in [0.05, 0.1) is 0 Å². The van der Waals surface area contributed by atoms with E-state index >= 15 is 0 Å². The van der Waals surface area contributed by atoms with E-state index in [4.69, 9.17) is 4.42 Å². The largest absolute Gasteiger partial charge is 0.423 e. The molecule has 0 bridgehead atoms. The minimum absolute atomic E-state index is 0.0781. The number of aryl methyl sites for hydroxylation is 1. The highest BCUT2D eigenvalue weighted by Crippen LogP contribution is 2.34. The summed E-state index contributed by atoms with van der Waals surface area (Å²) in [6.07, 6.45) is 7.82. The molecule has 0 N–H and O–H groups in total. The summed E-state index contributed by atoms with van der Waals surface area (Å²) in [6.45, 7) is 6.89. The van der Waals surface area contributed by atoms with Crippen LogP contribution >= 0.6 is 0 Å². The van der Waals surface area contributed by atoms with Gasteiger partial charge < -0.3 is 14.2 Å². The first-order valence-electron chi connectivity index (χ1n) is 11.6. The van der Waals surface area contributed by atoms with Crippen LogP contribution in [0.25, 0.3) is 0 Å². The standard InChI is InChI=1S/C22H32N6O3/c1-3-11-27-15-10-17(25-27)22(30)28-12-6-5-7-18(28)21-24-23-20(31-21)16-8-13-26(14-9-16)19(29)4-2/h10,15-16,18H,3-9,11-14H2,1-2H3/t18-/m0/s1. The van der Waals surface area contributed by atoms with Crippen LogP contribution < -0.4 is 0 Å². The molecule has 2 fully saturated rings. The number of carbonyl (C=O) groups excluding carboxylic acids is 2. The maximum atomic E-state index is 13.2. The molecule has 4 rings (SSSR count). The molecule has 2 amide bonds. The minimum Gasteiger partial charge on any atom is -0.423 e. The van der Waals surface area contributed by atoms with E-state index in [1.54, 1.807) is 6.07 Å². The molecule has 2 aliphatic rings. The number of hydrogen-bond donors (Lipinski definition) is 0. The molecule has 4 heterocycles. The molecule has 31 heavy (non-hydrogen) atoms. The highest BCUT2D eigenvalue weighted by molar-refractivity contribution is 5.92. The summed E-state index contributed by atoms with van der Waals surface area (Å²) in [5.41, 5.74) is 0.466. The first kappa shape index (κ1) is 21.5. The van der Waals surface area contributed by atoms with Gasteiger partial charge in [0, 0.05) is 44.7 Å². The zero-order valence-corrected chi connectivity index (χ0v) is 18.5. The van der Waals surface area contributed by atoms with Crippen molar-refractivity contribution in [2.24, 2.45) is 0 Å². The molecule has 2 aliphatic heterocycles. The van der Waals surface area contributed by atoms with Crippen molar-refractivity contribution < 1.29 is 14.0 Å². The second kappa shape index (κ2) is 9.62. The van der Waals surface area contributed by atoms with Crippen LogP contribution in [0.5, 0.6) is 0 Å². The smallest absolute Gasteiger partial charge is 0.275 e. The monoisotopic (exact) mass is 428 g/mol. The van der Waals surface area contributed by atoms with Crippen LogP contribution in [0.3, 0.4) is 0 Å². The molecular weight excluding hydrogens is 396 g/mol. The van der Waals surface area contributed by atoms with Gasteiger partial charge in [0.25, 0.3) is 5.91 Å². The molecule has 0 aliphatic carbocycles. The minimum atomic E-state index is -0.208. The number of piperidine rings is 2. The van der Waals surface area contributed by atoms with Crippen molar-refractivity contribution in [3.05, 3.63) is 29.7 Å². The van der Waals surface area contributed by atoms with E-state index in [1.807, 2.05) is 27.6 Å². The zero-order valence-electron chi connectivity index (χ0n) is 18.5. The Morgan fingerprint density at radius 3 is 2.58 bits per heavy atom. The van der Waals surface area contributed by atoms with Crippen molar-refractivity contribution in [2.45, 2.75) is 77.3 Å². The van der Waals surface area contributed by atoms with E-state index in [0.717, 1.165) is 58.2 Å². The van der Waals surface area contributed by atoms with E-state index in [-0.39, 0.29) is 23.8 Å². The predicted octanol–water partition coefficient (Wildman–Crippen LogP) is 3.16. The van der Waals surface area contributed by atoms with Crippen LogP contribution in [0.15, 0.2) is 16.7 Å². The fourth-order valence-corrected chi connectivity index (χ4v) is 4.55. The Bertz CT molecular complexity index is 899. The summed E-state index contributed by atoms with van der Waals surface area (Å²) in [5, 5.41) is 13.1. The first-order chi connectivity index (χ1) is 15.1. The lowest BCUT2D eigenvalue weighted by Gasteiger charge is -2.33. The molecule has 2 aromatic heterocycles. The van der Waals surface area contributed by atoms with Crippen molar-refractivity contribution in [2.75, 3.05) is 19.6 Å². The number of rotatable bonds is 6. The summed E-state index contributed by atoms with van der Waals surface area (Å²) in [4.78, 5) is 28.8. The molecule has 0 radical (unpaired) electrons. The Balaban J connectivity index is 1.45. The van der Waals surface area contributed by atoms with E-state index in [0.29, 0.717) is 30.4 Å². The van der Waals surface area contributed by atoms with Crippen molar-refractivity contribution in [1.29, 1.82) is 0 Å². The Morgan fingerprint density at radius 1 is 1.06 bits per heavy atom. The third kappa shape index (κ3) is 4.65. The second-order valence-corrected chi connectivity index (χ2v) is 8.46. The number of nitrogens with zero attached hydrogens (tertiary/aromatic N) is 6. The van der Waals surface area contributed by atoms with Crippen molar-refractivity contribution in [1.82, 2.24) is 29.8 Å². The maximum Gasteiger partial charge on any atom is 0.275 e. The van der Waals surface area contributed by atoms with Crippen LogP contribution in [-0.4, -0.2) is 61.2 Å². The highest BCUT2D eigenvalue weighted by Gasteiger charge is 2.34. The molecule has 1 atom stereocenters. The number of aromatic nitrogens is 4. The summed E-state index contributed by atoms with van der Waals surface area (Å²) in [7, 11) is 0. The summed E-state index contributed by atoms with van der Waals surface area (Å²) in [6, 6.07) is 1.58. The van der Waals surface area contributed by atoms with E-state index < -0.39 is 0 Å². The molecular formula is C22H32N6O3. The first-order valence-corrected chi connectivity index (χ1v) is 11.6. The molecule has 0 aromatic carbocycles. The molecule has 0 unspecified atom stereocenters. The average molecular weight is 429 g/mol. The lowest BCUT2D eigenvalue weighted by atomic mass is 9.96. The number of likely N-dealkylation sites (tertiary alicyclic amines) is 2. The van der Waals surface area contributed by atoms with Gasteiger partial charge in [-0.25, -0.2) is 0 Å². The number of amides is 2. The van der Waals surface area contributed by atoms with E-state index in [1.165, 1.54) is 0 Å². The highest BCUT2D eigenvalue weighted by atomic mass is 16.4. The summed E-state index contributed by atoms with van der Waals surface area (Å²) in [5.74, 6) is 1.43. The fraction of sp³-hybridized carbons (Fsp3) is 0.682. The Kier molecular flexibility index (Phi) is 6.67. The van der Waals surface area contributed by atoms with Gasteiger partial charge in [0.2, 0.25) is 17.7 Å². The van der Waals surface area contributed by atoms with Gasteiger partial charge >= 0.3 is 0 Å². The number of carbonyl (C=O) groups is 2. The molecule has 9 heteroatoms. The topological polar surface area (TPSA) is 97.4 Å². The third-order valence-electron chi connectivity index (χ3n) is 6.32. The van der Waals surface area contributed by atoms with Gasteiger partial charge in [-0.05, 0) is 44.6 Å². The molecule has 168 valence electrons. The maximum absolute atomic E-state index is 13.2. The lowest BCUT2D eigenvalue weighted by molar-refractivity contribution is -0.131. The Hall–Kier alpha value is -2.71. The van der Waals surface area contributed by atoms with Gasteiger partial charge in [0.1, 0.15) is 11.7 Å². The van der Waals surface area contributed by atoms with Gasteiger partial charge in [-0.15, -0.1) is 10.2 Å². The molecule has 9 nitrogen and oxygen atoms in total. The molecule has 2 saturated heterocycles. The van der Waals surface area contributed by atoms with Crippen molar-refractivity contribution in [3.63, 3.8) is 0 Å². The van der Waals surface area contributed by atoms with Crippen molar-refractivity contribution >= 4 is 11.8 Å². The average Bonchev–Trinajstić information content (AvgIpc) is 3.49. The van der Waals surface area contributed by atoms with E-state index in [2.05, 4.69) is 22.2 Å². The molecule has 0 saturated carbocycles. The Morgan fingerprint density at radius 2 is 1.84 bits per heavy atom. The van der Waals surface area contributed by atoms with Crippen LogP contribution in [0, 0.1) is 0 Å². The van der Waals surface area contributed by atoms with Gasteiger partial charge in [0.15, 0.2) is 0 Å². The van der Waals surface area contributed by atoms with Gasteiger partial charge in [-0.3, -0.25) is 14.3 Å². The fourth-order valence-electron chi connectivity index (χ4n) is 4.55. The molecule has 0 spiro atoms. The van der Waals surface area contributed by atoms with Crippen LogP contribution in [-0.2, 0) is 11.3 Å². The van der Waals surface area contributed by atoms with Gasteiger partial charge in [-0.2, -0.15) is 5.10 Å². The zero-order chi connectivity index (χ0) is 21.8. The Labute approximate surface area is 182 Å². The second-order valence-electron chi connectivity index (χ2n) is 8.46. The predicted molar refractivity (Wildman–Crippen MR) is 113 cm³/mol. The van der Waals surface area contributed by atoms with Crippen LogP contribution in [0.1, 0.15) is 93.0 Å². The summed E-state index contributed by atoms with van der Waals surface area (Å²) >= 11 is 0. The summed E-state index contributed by atoms with van der Waals surface area (Å²) < 4.78 is 7.91. The van der Waals surface area contributed by atoms with Crippen molar-refractivity contribution in [3.8, 4) is 0 Å². The number of hydrogen-bond acceptors (Lipinski definition) is 6. The van der Waals surface area contributed by atoms with Crippen LogP contribution in [0.2, 0.25) is 0 Å². The lowest BCUT2D eigenvalue weighted by Crippen LogP contribution is -2.39. The normalized spacial score (nSPS) is 20.3.